The average Bonchev–Trinajstić information content (AvgIpc) is 3.20. The van der Waals surface area contributed by atoms with Gasteiger partial charge in [0.2, 0.25) is 0 Å². The molecule has 2 aliphatic heterocycles. The molecule has 0 fully saturated rings. The van der Waals surface area contributed by atoms with Crippen molar-refractivity contribution in [1.29, 1.82) is 0 Å². The molecule has 0 aromatic heterocycles. The average molecular weight is 449 g/mol. The summed E-state index contributed by atoms with van der Waals surface area (Å²) in [6.45, 7) is 1.89. The molecule has 0 aliphatic carbocycles. The van der Waals surface area contributed by atoms with E-state index in [2.05, 4.69) is 20.6 Å². The summed E-state index contributed by atoms with van der Waals surface area (Å²) in [6.07, 6.45) is 0. The quantitative estimate of drug-likeness (QED) is 0.546. The third-order valence-electron chi connectivity index (χ3n) is 5.07. The van der Waals surface area contributed by atoms with Crippen molar-refractivity contribution in [3.8, 4) is 0 Å². The zero-order chi connectivity index (χ0) is 21.7. The van der Waals surface area contributed by atoms with Crippen LogP contribution in [0.5, 0.6) is 0 Å². The number of carbonyl (C=O) groups excluding carboxylic acids is 2. The Morgan fingerprint density at radius 1 is 0.710 bits per heavy atom. The molecule has 3 aromatic carbocycles. The molecule has 8 heteroatoms. The summed E-state index contributed by atoms with van der Waals surface area (Å²) >= 11 is 12.2. The van der Waals surface area contributed by atoms with Crippen molar-refractivity contribution in [2.75, 3.05) is 10.6 Å². The number of benzene rings is 3. The minimum atomic E-state index is -0.301. The van der Waals surface area contributed by atoms with E-state index in [4.69, 9.17) is 23.2 Å². The molecule has 6 nitrogen and oxygen atoms in total. The molecule has 0 spiro atoms. The first-order chi connectivity index (χ1) is 14.9. The van der Waals surface area contributed by atoms with E-state index in [-0.39, 0.29) is 23.2 Å². The highest BCUT2D eigenvalue weighted by Gasteiger charge is 2.27. The molecule has 0 saturated carbocycles. The van der Waals surface area contributed by atoms with Crippen LogP contribution >= 0.6 is 23.2 Å². The number of halogens is 2. The lowest BCUT2D eigenvalue weighted by atomic mass is 10.1. The first-order valence-corrected chi connectivity index (χ1v) is 10.2. The Morgan fingerprint density at radius 3 is 1.84 bits per heavy atom. The molecule has 0 bridgehead atoms. The van der Waals surface area contributed by atoms with Crippen LogP contribution in [0.3, 0.4) is 0 Å². The largest absolute Gasteiger partial charge is 0.320 e. The fourth-order valence-corrected chi connectivity index (χ4v) is 3.85. The van der Waals surface area contributed by atoms with E-state index in [0.717, 1.165) is 5.56 Å². The minimum Gasteiger partial charge on any atom is -0.320 e. The second-order valence-electron chi connectivity index (χ2n) is 7.18. The lowest BCUT2D eigenvalue weighted by molar-refractivity contribution is -0.110. The first-order valence-electron chi connectivity index (χ1n) is 9.39. The Hall–Kier alpha value is -3.48. The van der Waals surface area contributed by atoms with Gasteiger partial charge in [0, 0.05) is 21.2 Å². The van der Waals surface area contributed by atoms with E-state index < -0.39 is 0 Å². The van der Waals surface area contributed by atoms with Crippen LogP contribution in [0, 0.1) is 6.92 Å². The first kappa shape index (κ1) is 19.5. The predicted molar refractivity (Wildman–Crippen MR) is 124 cm³/mol. The van der Waals surface area contributed by atoms with Gasteiger partial charge in [-0.2, -0.15) is 0 Å². The van der Waals surface area contributed by atoms with Gasteiger partial charge in [0.05, 0.1) is 22.7 Å². The molecule has 0 unspecified atom stereocenters. The van der Waals surface area contributed by atoms with E-state index in [1.54, 1.807) is 48.5 Å². The number of anilines is 2. The van der Waals surface area contributed by atoms with E-state index in [1.807, 2.05) is 13.0 Å². The second kappa shape index (κ2) is 7.34. The molecule has 152 valence electrons. The number of hydrogen-bond acceptors (Lipinski definition) is 4. The highest BCUT2D eigenvalue weighted by molar-refractivity contribution is 6.55. The molecule has 5 rings (SSSR count). The highest BCUT2D eigenvalue weighted by atomic mass is 35.5. The third-order valence-corrected chi connectivity index (χ3v) is 5.54. The summed E-state index contributed by atoms with van der Waals surface area (Å²) in [4.78, 5) is 34.0. The van der Waals surface area contributed by atoms with Crippen LogP contribution in [0.2, 0.25) is 10.0 Å². The van der Waals surface area contributed by atoms with Crippen LogP contribution in [-0.2, 0) is 9.59 Å². The fourth-order valence-electron chi connectivity index (χ4n) is 3.51. The number of carbonyl (C=O) groups is 2. The molecule has 3 aromatic rings. The third kappa shape index (κ3) is 3.50. The van der Waals surface area contributed by atoms with Gasteiger partial charge in [0.15, 0.2) is 0 Å². The summed E-state index contributed by atoms with van der Waals surface area (Å²) in [5.74, 6) is -0.600. The van der Waals surface area contributed by atoms with Crippen LogP contribution < -0.4 is 10.6 Å². The second-order valence-corrected chi connectivity index (χ2v) is 8.05. The van der Waals surface area contributed by atoms with Gasteiger partial charge in [0.25, 0.3) is 11.8 Å². The zero-order valence-corrected chi connectivity index (χ0v) is 17.7. The molecule has 31 heavy (non-hydrogen) atoms. The molecular formula is C23H14Cl2N4O2. The van der Waals surface area contributed by atoms with Crippen molar-refractivity contribution in [3.63, 3.8) is 0 Å². The van der Waals surface area contributed by atoms with Crippen molar-refractivity contribution in [3.05, 3.63) is 81.3 Å². The fraction of sp³-hybridized carbons (Fsp3) is 0.0435. The van der Waals surface area contributed by atoms with Crippen molar-refractivity contribution in [2.24, 2.45) is 9.98 Å². The van der Waals surface area contributed by atoms with Crippen molar-refractivity contribution >= 4 is 69.2 Å². The number of nitrogens with zero attached hydrogens (tertiary/aromatic N) is 2. The lowest BCUT2D eigenvalue weighted by Crippen LogP contribution is -2.14. The lowest BCUT2D eigenvalue weighted by Gasteiger charge is -2.05. The summed E-state index contributed by atoms with van der Waals surface area (Å²) in [7, 11) is 0. The van der Waals surface area contributed by atoms with Crippen LogP contribution in [0.15, 0.2) is 64.6 Å². The number of aryl methyl sites for hydroxylation is 1. The molecular weight excluding hydrogens is 435 g/mol. The Kier molecular flexibility index (Phi) is 4.61. The summed E-state index contributed by atoms with van der Waals surface area (Å²) in [5, 5.41) is 6.60. The molecule has 2 N–H and O–H groups in total. The Balaban J connectivity index is 1.58. The van der Waals surface area contributed by atoms with Gasteiger partial charge in [-0.25, -0.2) is 9.98 Å². The number of rotatable bonds is 2. The van der Waals surface area contributed by atoms with Crippen LogP contribution in [0.25, 0.3) is 0 Å². The number of nitrogens with one attached hydrogen (secondary N) is 2. The monoisotopic (exact) mass is 448 g/mol. The van der Waals surface area contributed by atoms with Crippen molar-refractivity contribution in [2.45, 2.75) is 6.92 Å². The smallest absolute Gasteiger partial charge is 0.275 e. The zero-order valence-electron chi connectivity index (χ0n) is 16.2. The van der Waals surface area contributed by atoms with Gasteiger partial charge in [0.1, 0.15) is 11.4 Å². The van der Waals surface area contributed by atoms with Gasteiger partial charge in [-0.3, -0.25) is 9.59 Å². The van der Waals surface area contributed by atoms with Crippen LogP contribution in [-0.4, -0.2) is 23.2 Å². The van der Waals surface area contributed by atoms with E-state index in [9.17, 15) is 9.59 Å². The SMILES string of the molecule is Cc1ccc(N=C2C(=O)Nc3ccc(Cl)cc32)cc1N=C1C(=O)Nc2ccc(Cl)cc21. The van der Waals surface area contributed by atoms with Crippen molar-refractivity contribution in [1.82, 2.24) is 0 Å². The summed E-state index contributed by atoms with van der Waals surface area (Å²) < 4.78 is 0. The van der Waals surface area contributed by atoms with Gasteiger partial charge >= 0.3 is 0 Å². The summed E-state index contributed by atoms with van der Waals surface area (Å²) in [6, 6.07) is 15.7. The Labute approximate surface area is 187 Å². The Morgan fingerprint density at radius 2 is 1.26 bits per heavy atom. The molecule has 2 aliphatic rings. The normalized spacial score (nSPS) is 17.0. The molecule has 0 atom stereocenters. The van der Waals surface area contributed by atoms with Crippen LogP contribution in [0.1, 0.15) is 16.7 Å². The summed E-state index contributed by atoms with van der Waals surface area (Å²) in [5.41, 5.74) is 5.14. The maximum absolute atomic E-state index is 12.5. The van der Waals surface area contributed by atoms with Gasteiger partial charge in [-0.1, -0.05) is 29.3 Å². The number of fused-ring (bicyclic) bond motifs is 2. The molecule has 0 radical (unpaired) electrons. The van der Waals surface area contributed by atoms with E-state index in [1.165, 1.54) is 0 Å². The van der Waals surface area contributed by atoms with Crippen molar-refractivity contribution < 1.29 is 9.59 Å². The molecule has 2 heterocycles. The standard InChI is InChI=1S/C23H14Cl2N4O2/c1-11-2-5-14(26-20-15-8-12(24)3-6-17(15)28-22(20)30)10-19(11)27-21-16-9-13(25)4-7-18(16)29-23(21)31/h2-10H,1H3,(H,26,28,30)(H,27,29,31). The van der Waals surface area contributed by atoms with E-state index >= 15 is 0 Å². The number of aliphatic imine (C=N–C) groups is 2. The van der Waals surface area contributed by atoms with Gasteiger partial charge in [-0.15, -0.1) is 0 Å². The minimum absolute atomic E-state index is 0.274. The molecule has 2 amide bonds. The maximum Gasteiger partial charge on any atom is 0.275 e. The number of amides is 2. The van der Waals surface area contributed by atoms with Gasteiger partial charge in [-0.05, 0) is 61.0 Å². The highest BCUT2D eigenvalue weighted by Crippen LogP contribution is 2.33. The molecule has 0 saturated heterocycles. The predicted octanol–water partition coefficient (Wildman–Crippen LogP) is 5.45. The maximum atomic E-state index is 12.5. The van der Waals surface area contributed by atoms with E-state index in [0.29, 0.717) is 43.9 Å². The topological polar surface area (TPSA) is 82.9 Å². The number of hydrogen-bond donors (Lipinski definition) is 2. The van der Waals surface area contributed by atoms with Crippen LogP contribution in [0.4, 0.5) is 22.7 Å². The Bertz CT molecular complexity index is 1360. The van der Waals surface area contributed by atoms with Gasteiger partial charge < -0.3 is 10.6 Å².